The molecule has 1 heterocycles. The van der Waals surface area contributed by atoms with Gasteiger partial charge in [-0.3, -0.25) is 4.98 Å². The zero-order valence-electron chi connectivity index (χ0n) is 4.83. The molecule has 0 saturated carbocycles. The van der Waals surface area contributed by atoms with Crippen LogP contribution < -0.4 is 0 Å². The monoisotopic (exact) mass is 115 g/mol. The number of nitrogens with zero attached hydrogens (tertiary/aromatic N) is 1. The van der Waals surface area contributed by atoms with Crippen molar-refractivity contribution in [2.24, 2.45) is 0 Å². The Morgan fingerprint density at radius 1 is 1.44 bits per heavy atom. The third kappa shape index (κ3) is 0.653. The third-order valence-electron chi connectivity index (χ3n) is 1.32. The Kier molecular flexibility index (Phi) is 0.890. The molecule has 0 aromatic carbocycles. The quantitative estimate of drug-likeness (QED) is 0.499. The first-order valence-corrected chi connectivity index (χ1v) is 2.85. The molecular weight excluding hydrogens is 110 g/mol. The normalized spacial score (nSPS) is 13.8. The predicted octanol–water partition coefficient (Wildman–Crippen LogP) is 1.54. The Labute approximate surface area is 54.1 Å². The third-order valence-corrected chi connectivity index (χ3v) is 1.32. The topological polar surface area (TPSA) is 12.9 Å². The smallest absolute Gasteiger partial charge is 0.0668 e. The van der Waals surface area contributed by atoms with E-state index in [0.29, 0.717) is 0 Å². The van der Waals surface area contributed by atoms with E-state index in [1.807, 2.05) is 24.3 Å². The zero-order chi connectivity index (χ0) is 6.10. The summed E-state index contributed by atoms with van der Waals surface area (Å²) in [6, 6.07) is 3.92. The Morgan fingerprint density at radius 2 is 2.44 bits per heavy atom. The van der Waals surface area contributed by atoms with Crippen molar-refractivity contribution in [2.75, 3.05) is 0 Å². The van der Waals surface area contributed by atoms with Gasteiger partial charge in [-0.15, -0.1) is 0 Å². The van der Waals surface area contributed by atoms with Crippen molar-refractivity contribution < 1.29 is 0 Å². The standard InChI is InChI=1S/C8H5N/c1-3-7-4-2-6-9-8(7)5-1/h1-2,4-6H. The number of fused-ring (bicyclic) bond motifs is 1. The highest BCUT2D eigenvalue weighted by atomic mass is 14.7. The van der Waals surface area contributed by atoms with Gasteiger partial charge in [0.1, 0.15) is 0 Å². The largest absolute Gasteiger partial charge is 0.257 e. The average Bonchev–Trinajstić information content (AvgIpc) is 2.33. The van der Waals surface area contributed by atoms with Crippen LogP contribution in [0.3, 0.4) is 0 Å². The molecule has 0 fully saturated rings. The van der Waals surface area contributed by atoms with Crippen molar-refractivity contribution in [3.05, 3.63) is 42.1 Å². The molecule has 0 aliphatic heterocycles. The molecule has 0 spiro atoms. The van der Waals surface area contributed by atoms with Crippen molar-refractivity contribution in [3.8, 4) is 0 Å². The van der Waals surface area contributed by atoms with Crippen molar-refractivity contribution >= 4 is 6.08 Å². The van der Waals surface area contributed by atoms with Gasteiger partial charge in [0.05, 0.1) is 5.69 Å². The summed E-state index contributed by atoms with van der Waals surface area (Å²) in [5.41, 5.74) is 2.12. The molecule has 9 heavy (non-hydrogen) atoms. The predicted molar refractivity (Wildman–Crippen MR) is 35.6 cm³/mol. The van der Waals surface area contributed by atoms with Crippen molar-refractivity contribution in [1.29, 1.82) is 0 Å². The van der Waals surface area contributed by atoms with E-state index in [4.69, 9.17) is 0 Å². The fraction of sp³-hybridized carbons (Fsp3) is 0. The molecule has 1 aromatic rings. The van der Waals surface area contributed by atoms with Crippen LogP contribution in [0.25, 0.3) is 6.08 Å². The lowest BCUT2D eigenvalue weighted by molar-refractivity contribution is 1.27. The first kappa shape index (κ1) is 4.74. The molecule has 1 nitrogen and oxygen atoms in total. The number of hydrogen-bond acceptors (Lipinski definition) is 1. The van der Waals surface area contributed by atoms with Gasteiger partial charge in [0.15, 0.2) is 0 Å². The van der Waals surface area contributed by atoms with E-state index in [1.165, 1.54) is 0 Å². The molecule has 0 saturated heterocycles. The number of rotatable bonds is 0. The van der Waals surface area contributed by atoms with Gasteiger partial charge in [-0.05, 0) is 17.7 Å². The average molecular weight is 115 g/mol. The van der Waals surface area contributed by atoms with Crippen LogP contribution >= 0.6 is 0 Å². The highest BCUT2D eigenvalue weighted by Gasteiger charge is 2.03. The Hall–Kier alpha value is -1.11. The van der Waals surface area contributed by atoms with E-state index in [-0.39, 0.29) is 0 Å². The Bertz CT molecular complexity index is 250. The highest BCUT2D eigenvalue weighted by molar-refractivity contribution is 5.60. The summed E-state index contributed by atoms with van der Waals surface area (Å²) in [4.78, 5) is 4.11. The first-order chi connectivity index (χ1) is 4.47. The van der Waals surface area contributed by atoms with Crippen LogP contribution in [-0.2, 0) is 0 Å². The Morgan fingerprint density at radius 3 is 3.33 bits per heavy atom. The lowest BCUT2D eigenvalue weighted by atomic mass is 10.2. The minimum atomic E-state index is 1.03. The van der Waals surface area contributed by atoms with Crippen molar-refractivity contribution in [3.63, 3.8) is 0 Å². The number of allylic oxidation sites excluding steroid dienone is 1. The van der Waals surface area contributed by atoms with Gasteiger partial charge >= 0.3 is 0 Å². The molecule has 0 N–H and O–H groups in total. The maximum absolute atomic E-state index is 4.11. The van der Waals surface area contributed by atoms with Gasteiger partial charge in [0.2, 0.25) is 0 Å². The molecule has 1 aliphatic rings. The van der Waals surface area contributed by atoms with Gasteiger partial charge < -0.3 is 0 Å². The molecule has 2 radical (unpaired) electrons. The van der Waals surface area contributed by atoms with Crippen molar-refractivity contribution in [2.45, 2.75) is 0 Å². The molecule has 0 amide bonds. The molecule has 42 valence electrons. The van der Waals surface area contributed by atoms with Crippen LogP contribution in [0.2, 0.25) is 0 Å². The fourth-order valence-electron chi connectivity index (χ4n) is 0.883. The lowest BCUT2D eigenvalue weighted by Crippen LogP contribution is -1.80. The maximum Gasteiger partial charge on any atom is 0.0668 e. The summed E-state index contributed by atoms with van der Waals surface area (Å²) in [5.74, 6) is 0. The maximum atomic E-state index is 4.11. The second-order valence-corrected chi connectivity index (χ2v) is 1.91. The van der Waals surface area contributed by atoms with E-state index >= 15 is 0 Å². The van der Waals surface area contributed by atoms with E-state index in [1.54, 1.807) is 6.20 Å². The zero-order valence-corrected chi connectivity index (χ0v) is 4.83. The molecule has 0 unspecified atom stereocenters. The summed E-state index contributed by atoms with van der Waals surface area (Å²) in [6.45, 7) is 0. The molecule has 2 rings (SSSR count). The summed E-state index contributed by atoms with van der Waals surface area (Å²) in [5, 5.41) is 0. The summed E-state index contributed by atoms with van der Waals surface area (Å²) < 4.78 is 0. The molecular formula is C8H5N. The number of aromatic nitrogens is 1. The summed E-state index contributed by atoms with van der Waals surface area (Å²) in [6.07, 6.45) is 8.69. The fourth-order valence-corrected chi connectivity index (χ4v) is 0.883. The van der Waals surface area contributed by atoms with Crippen molar-refractivity contribution in [1.82, 2.24) is 4.98 Å². The van der Waals surface area contributed by atoms with E-state index < -0.39 is 0 Å². The SMILES string of the molecule is [C]1C=Cc2ncccc21. The molecule has 1 aliphatic carbocycles. The van der Waals surface area contributed by atoms with Crippen LogP contribution in [0.4, 0.5) is 0 Å². The van der Waals surface area contributed by atoms with Gasteiger partial charge in [-0.25, -0.2) is 0 Å². The van der Waals surface area contributed by atoms with Gasteiger partial charge in [0.25, 0.3) is 0 Å². The van der Waals surface area contributed by atoms with E-state index in [0.717, 1.165) is 11.3 Å². The van der Waals surface area contributed by atoms with Crippen LogP contribution in [-0.4, -0.2) is 4.98 Å². The number of hydrogen-bond donors (Lipinski definition) is 0. The summed E-state index contributed by atoms with van der Waals surface area (Å²) >= 11 is 0. The van der Waals surface area contributed by atoms with Crippen LogP contribution in [0, 0.1) is 6.42 Å². The molecule has 0 bridgehead atoms. The highest BCUT2D eigenvalue weighted by Crippen LogP contribution is 2.16. The molecule has 1 aromatic heterocycles. The van der Waals surface area contributed by atoms with Crippen LogP contribution in [0.5, 0.6) is 0 Å². The first-order valence-electron chi connectivity index (χ1n) is 2.85. The second-order valence-electron chi connectivity index (χ2n) is 1.91. The minimum Gasteiger partial charge on any atom is -0.257 e. The summed E-state index contributed by atoms with van der Waals surface area (Å²) in [7, 11) is 0. The van der Waals surface area contributed by atoms with Gasteiger partial charge in [-0.2, -0.15) is 0 Å². The van der Waals surface area contributed by atoms with Crippen LogP contribution in [0.15, 0.2) is 24.4 Å². The molecule has 0 atom stereocenters. The second kappa shape index (κ2) is 1.69. The Balaban J connectivity index is 2.63. The van der Waals surface area contributed by atoms with Gasteiger partial charge in [-0.1, -0.05) is 12.1 Å². The van der Waals surface area contributed by atoms with Gasteiger partial charge in [0, 0.05) is 12.6 Å². The minimum absolute atomic E-state index is 1.03. The van der Waals surface area contributed by atoms with E-state index in [9.17, 15) is 0 Å². The lowest BCUT2D eigenvalue weighted by Gasteiger charge is -1.91. The molecule has 1 heteroatoms. The number of pyridine rings is 1. The van der Waals surface area contributed by atoms with E-state index in [2.05, 4.69) is 11.4 Å². The van der Waals surface area contributed by atoms with Crippen LogP contribution in [0.1, 0.15) is 11.3 Å².